The van der Waals surface area contributed by atoms with Gasteiger partial charge in [0.05, 0.1) is 0 Å². The number of hydrogen-bond acceptors (Lipinski definition) is 0. The molecule has 1 heteroatoms. The molecule has 0 rings (SSSR count). The van der Waals surface area contributed by atoms with Crippen molar-refractivity contribution in [1.82, 2.24) is 0 Å². The van der Waals surface area contributed by atoms with Gasteiger partial charge in [0.15, 0.2) is 0 Å². The summed E-state index contributed by atoms with van der Waals surface area (Å²) in [5.74, 6) is 0. The van der Waals surface area contributed by atoms with Crippen LogP contribution in [0.15, 0.2) is 0 Å². The maximum atomic E-state index is 2.73. The van der Waals surface area contributed by atoms with Gasteiger partial charge in [-0.15, -0.1) is 0 Å². The van der Waals surface area contributed by atoms with Gasteiger partial charge in [-0.2, -0.15) is 0 Å². The fourth-order valence-electron chi connectivity index (χ4n) is 2.43. The molecule has 0 N–H and O–H groups in total. The monoisotopic (exact) mass is 322 g/mol. The zero-order valence-electron chi connectivity index (χ0n) is 11.8. The van der Waals surface area contributed by atoms with Gasteiger partial charge in [0.2, 0.25) is 0 Å². The Balaban J connectivity index is 4.33. The molecule has 0 atom stereocenters. The average Bonchev–Trinajstić information content (AvgIpc) is 2.22. The first kappa shape index (κ1) is 15.8. The van der Waals surface area contributed by atoms with Crippen LogP contribution >= 0.6 is 0 Å². The Morgan fingerprint density at radius 3 is 1.07 bits per heavy atom. The van der Waals surface area contributed by atoms with Gasteiger partial charge in [-0.05, 0) is 0 Å². The Morgan fingerprint density at radius 2 is 0.867 bits per heavy atom. The molecule has 0 saturated carbocycles. The van der Waals surface area contributed by atoms with Crippen LogP contribution in [0.2, 0.25) is 22.8 Å². The van der Waals surface area contributed by atoms with Crippen molar-refractivity contribution in [2.75, 3.05) is 0 Å². The van der Waals surface area contributed by atoms with Crippen LogP contribution in [0, 0.1) is 0 Å². The molecule has 0 radical (unpaired) electrons. The quantitative estimate of drug-likeness (QED) is 0.453. The molecule has 0 aliphatic carbocycles. The Hall–Kier alpha value is 0.818. The summed E-state index contributed by atoms with van der Waals surface area (Å²) in [5, 5.41) is 0. The molecule has 0 heterocycles. The third kappa shape index (κ3) is 6.88. The standard InChI is InChI=1S/3C4H9.2CH3.Sb/c3*1-3-4-2;;;/h3*1,3-4H2,2H3;2*1H3;. The molecule has 0 unspecified atom stereocenters. The summed E-state index contributed by atoms with van der Waals surface area (Å²) in [4.78, 5) is 5.46. The van der Waals surface area contributed by atoms with Crippen LogP contribution in [0.5, 0.6) is 0 Å². The molecule has 0 amide bonds. The van der Waals surface area contributed by atoms with E-state index >= 15 is 0 Å². The first-order chi connectivity index (χ1) is 6.96. The van der Waals surface area contributed by atoms with Gasteiger partial charge < -0.3 is 0 Å². The summed E-state index contributed by atoms with van der Waals surface area (Å²) in [6.45, 7) is 7.02. The fourth-order valence-corrected chi connectivity index (χ4v) is 16.3. The van der Waals surface area contributed by atoms with E-state index in [-0.39, 0.29) is 0 Å². The molecule has 0 fully saturated rings. The van der Waals surface area contributed by atoms with Gasteiger partial charge in [0.1, 0.15) is 0 Å². The van der Waals surface area contributed by atoms with E-state index in [4.69, 9.17) is 0 Å². The third-order valence-electron chi connectivity index (χ3n) is 3.83. The molecule has 0 aliphatic rings. The molecular weight excluding hydrogens is 290 g/mol. The van der Waals surface area contributed by atoms with Crippen molar-refractivity contribution in [1.29, 1.82) is 0 Å². The molecular formula is C14H33Sb. The van der Waals surface area contributed by atoms with Crippen LogP contribution in [0.3, 0.4) is 0 Å². The first-order valence-corrected chi connectivity index (χ1v) is 17.5. The number of unbranched alkanes of at least 4 members (excludes halogenated alkanes) is 3. The van der Waals surface area contributed by atoms with E-state index < -0.39 is 17.4 Å². The van der Waals surface area contributed by atoms with Crippen molar-refractivity contribution in [3.8, 4) is 0 Å². The molecule has 0 aromatic heterocycles. The van der Waals surface area contributed by atoms with Crippen molar-refractivity contribution in [2.45, 2.75) is 82.1 Å². The van der Waals surface area contributed by atoms with Crippen molar-refractivity contribution < 1.29 is 0 Å². The Labute approximate surface area is 99.3 Å². The SMILES string of the molecule is CCC[CH2][Sb]([CH3])([CH3])([CH2]CCC)[CH2]CCC. The van der Waals surface area contributed by atoms with Crippen LogP contribution < -0.4 is 0 Å². The molecule has 0 spiro atoms. The molecule has 15 heavy (non-hydrogen) atoms. The molecule has 94 valence electrons. The predicted molar refractivity (Wildman–Crippen MR) is 76.6 cm³/mol. The minimum absolute atomic E-state index is 1.39. The Morgan fingerprint density at radius 1 is 0.600 bits per heavy atom. The molecule has 0 saturated heterocycles. The number of hydrogen-bond donors (Lipinski definition) is 0. The van der Waals surface area contributed by atoms with E-state index in [1.165, 1.54) is 38.5 Å². The van der Waals surface area contributed by atoms with E-state index in [1.807, 2.05) is 0 Å². The average molecular weight is 323 g/mol. The second-order valence-electron chi connectivity index (χ2n) is 6.25. The van der Waals surface area contributed by atoms with Gasteiger partial charge in [-0.25, -0.2) is 0 Å². The van der Waals surface area contributed by atoms with Gasteiger partial charge >= 0.3 is 99.5 Å². The summed E-state index contributed by atoms with van der Waals surface area (Å²) in [6, 6.07) is 0. The van der Waals surface area contributed by atoms with Crippen LogP contribution in [0.25, 0.3) is 0 Å². The summed E-state index contributed by atoms with van der Waals surface area (Å²) in [6.07, 6.45) is 8.64. The van der Waals surface area contributed by atoms with Crippen LogP contribution in [-0.2, 0) is 0 Å². The van der Waals surface area contributed by atoms with Gasteiger partial charge in [-0.1, -0.05) is 0 Å². The van der Waals surface area contributed by atoms with E-state index in [9.17, 15) is 0 Å². The van der Waals surface area contributed by atoms with E-state index in [0.717, 1.165) is 0 Å². The van der Waals surface area contributed by atoms with E-state index in [1.54, 1.807) is 13.1 Å². The van der Waals surface area contributed by atoms with E-state index in [0.29, 0.717) is 0 Å². The summed E-state index contributed by atoms with van der Waals surface area (Å²) < 4.78 is 4.84. The van der Waals surface area contributed by atoms with Crippen LogP contribution in [-0.4, -0.2) is 17.4 Å². The van der Waals surface area contributed by atoms with Crippen molar-refractivity contribution in [2.24, 2.45) is 0 Å². The van der Waals surface area contributed by atoms with Crippen molar-refractivity contribution in [3.63, 3.8) is 0 Å². The second kappa shape index (κ2) is 7.20. The maximum absolute atomic E-state index is 2.73. The zero-order valence-corrected chi connectivity index (χ0v) is 14.4. The van der Waals surface area contributed by atoms with Crippen molar-refractivity contribution >= 4 is 17.4 Å². The van der Waals surface area contributed by atoms with Gasteiger partial charge in [0, 0.05) is 0 Å². The van der Waals surface area contributed by atoms with Crippen molar-refractivity contribution in [3.05, 3.63) is 0 Å². The van der Waals surface area contributed by atoms with Crippen LogP contribution in [0.1, 0.15) is 59.3 Å². The predicted octanol–water partition coefficient (Wildman–Crippen LogP) is 6.05. The second-order valence-corrected chi connectivity index (χ2v) is 27.3. The molecule has 0 bridgehead atoms. The first-order valence-electron chi connectivity index (χ1n) is 6.96. The fraction of sp³-hybridized carbons (Fsp3) is 1.00. The normalized spacial score (nSPS) is 14.9. The summed E-state index contributed by atoms with van der Waals surface area (Å²) >= 11 is -2.11. The van der Waals surface area contributed by atoms with Crippen LogP contribution in [0.4, 0.5) is 0 Å². The van der Waals surface area contributed by atoms with E-state index in [2.05, 4.69) is 30.5 Å². The Bertz CT molecular complexity index is 132. The molecule has 0 aliphatic heterocycles. The minimum atomic E-state index is -2.11. The summed E-state index contributed by atoms with van der Waals surface area (Å²) in [5.41, 5.74) is 0. The molecule has 0 aromatic rings. The van der Waals surface area contributed by atoms with Gasteiger partial charge in [-0.3, -0.25) is 0 Å². The summed E-state index contributed by atoms with van der Waals surface area (Å²) in [7, 11) is 0. The van der Waals surface area contributed by atoms with Gasteiger partial charge in [0.25, 0.3) is 0 Å². The molecule has 0 nitrogen and oxygen atoms in total. The topological polar surface area (TPSA) is 0 Å². The molecule has 0 aromatic carbocycles. The third-order valence-corrected chi connectivity index (χ3v) is 19.6. The zero-order chi connectivity index (χ0) is 11.8. The Kier molecular flexibility index (Phi) is 7.60. The number of rotatable bonds is 9.